The van der Waals surface area contributed by atoms with Gasteiger partial charge in [-0.2, -0.15) is 5.10 Å². The van der Waals surface area contributed by atoms with Crippen molar-refractivity contribution < 1.29 is 14.6 Å². The Balaban J connectivity index is 1.62. The number of carbonyl (C=O) groups is 1. The highest BCUT2D eigenvalue weighted by atomic mass is 35.5. The van der Waals surface area contributed by atoms with Crippen LogP contribution in [-0.4, -0.2) is 38.0 Å². The number of aryl methyl sites for hydroxylation is 2. The molecule has 2 heterocycles. The van der Waals surface area contributed by atoms with Crippen LogP contribution in [-0.2, 0) is 23.0 Å². The molecule has 1 N–H and O–H groups in total. The van der Waals surface area contributed by atoms with Crippen LogP contribution >= 0.6 is 22.9 Å². The molecule has 38 heavy (non-hydrogen) atoms. The van der Waals surface area contributed by atoms with Crippen LogP contribution in [0.25, 0.3) is 43.2 Å². The fourth-order valence-corrected chi connectivity index (χ4v) is 5.69. The normalized spacial score (nSPS) is 11.7. The first kappa shape index (κ1) is 26.1. The standard InChI is InChI=1S/C30H28ClN3O3S/c1-18-14-24-28(38-29(33-24)21-7-5-6-20(15-21)25-12-13-32-34(25)4)27(19-8-10-22(31)11-9-19)23(18)16-26(35)37-17-30(2,3)36/h5-15,36H,16-17H2,1-4H3. The fraction of sp³-hybridized carbons (Fsp3) is 0.233. The number of thiazole rings is 1. The summed E-state index contributed by atoms with van der Waals surface area (Å²) in [5.74, 6) is -0.390. The second-order valence-electron chi connectivity index (χ2n) is 9.99. The monoisotopic (exact) mass is 545 g/mol. The Morgan fingerprint density at radius 3 is 2.50 bits per heavy atom. The van der Waals surface area contributed by atoms with Crippen LogP contribution in [0.3, 0.4) is 0 Å². The van der Waals surface area contributed by atoms with E-state index in [1.165, 1.54) is 0 Å². The molecule has 0 spiro atoms. The molecular weight excluding hydrogens is 518 g/mol. The van der Waals surface area contributed by atoms with E-state index in [1.54, 1.807) is 31.4 Å². The highest BCUT2D eigenvalue weighted by molar-refractivity contribution is 7.22. The summed E-state index contributed by atoms with van der Waals surface area (Å²) in [6, 6.07) is 19.9. The molecule has 0 saturated carbocycles. The van der Waals surface area contributed by atoms with Gasteiger partial charge in [0.15, 0.2) is 0 Å². The van der Waals surface area contributed by atoms with E-state index < -0.39 is 11.6 Å². The van der Waals surface area contributed by atoms with E-state index in [2.05, 4.69) is 23.3 Å². The zero-order valence-electron chi connectivity index (χ0n) is 21.7. The first-order valence-electron chi connectivity index (χ1n) is 12.2. The Bertz CT molecular complexity index is 1630. The summed E-state index contributed by atoms with van der Waals surface area (Å²) in [5.41, 5.74) is 6.59. The van der Waals surface area contributed by atoms with Crippen LogP contribution in [0.2, 0.25) is 5.02 Å². The van der Waals surface area contributed by atoms with Gasteiger partial charge in [0, 0.05) is 35.0 Å². The molecule has 5 rings (SSSR count). The molecule has 2 aromatic heterocycles. The van der Waals surface area contributed by atoms with Crippen molar-refractivity contribution in [3.8, 4) is 33.0 Å². The second-order valence-corrected chi connectivity index (χ2v) is 11.4. The van der Waals surface area contributed by atoms with Crippen LogP contribution in [0.5, 0.6) is 0 Å². The number of benzene rings is 3. The third-order valence-electron chi connectivity index (χ3n) is 6.28. The number of fused-ring (bicyclic) bond motifs is 1. The summed E-state index contributed by atoms with van der Waals surface area (Å²) >= 11 is 7.79. The van der Waals surface area contributed by atoms with E-state index in [9.17, 15) is 9.90 Å². The molecular formula is C30H28ClN3O3S. The number of ether oxygens (including phenoxy) is 1. The topological polar surface area (TPSA) is 77.2 Å². The first-order chi connectivity index (χ1) is 18.1. The molecule has 0 aliphatic rings. The number of aromatic nitrogens is 3. The van der Waals surface area contributed by atoms with Gasteiger partial charge in [-0.15, -0.1) is 11.3 Å². The lowest BCUT2D eigenvalue weighted by Crippen LogP contribution is -2.28. The Kier molecular flexibility index (Phi) is 7.09. The van der Waals surface area contributed by atoms with Crippen LogP contribution in [0.1, 0.15) is 25.0 Å². The Morgan fingerprint density at radius 2 is 1.82 bits per heavy atom. The average molecular weight is 546 g/mol. The third kappa shape index (κ3) is 5.50. The zero-order chi connectivity index (χ0) is 27.0. The molecule has 0 unspecified atom stereocenters. The lowest BCUT2D eigenvalue weighted by molar-refractivity contribution is -0.149. The Labute approximate surface area is 230 Å². The number of hydrogen-bond acceptors (Lipinski definition) is 6. The highest BCUT2D eigenvalue weighted by Crippen LogP contribution is 2.41. The zero-order valence-corrected chi connectivity index (χ0v) is 23.2. The van der Waals surface area contributed by atoms with E-state index in [1.807, 2.05) is 61.1 Å². The molecule has 0 fully saturated rings. The quantitative estimate of drug-likeness (QED) is 0.226. The van der Waals surface area contributed by atoms with Crippen molar-refractivity contribution in [1.29, 1.82) is 0 Å². The number of aliphatic hydroxyl groups is 1. The second kappa shape index (κ2) is 10.3. The van der Waals surface area contributed by atoms with Gasteiger partial charge >= 0.3 is 5.97 Å². The minimum atomic E-state index is -1.09. The van der Waals surface area contributed by atoms with Gasteiger partial charge < -0.3 is 9.84 Å². The summed E-state index contributed by atoms with van der Waals surface area (Å²) in [4.78, 5) is 17.8. The van der Waals surface area contributed by atoms with Crippen molar-refractivity contribution in [2.24, 2.45) is 7.05 Å². The number of halogens is 1. The van der Waals surface area contributed by atoms with Gasteiger partial charge in [-0.25, -0.2) is 4.98 Å². The van der Waals surface area contributed by atoms with Crippen molar-refractivity contribution in [2.45, 2.75) is 32.8 Å². The van der Waals surface area contributed by atoms with Crippen LogP contribution in [0.15, 0.2) is 66.9 Å². The van der Waals surface area contributed by atoms with Crippen LogP contribution < -0.4 is 0 Å². The largest absolute Gasteiger partial charge is 0.462 e. The van der Waals surface area contributed by atoms with Crippen molar-refractivity contribution in [1.82, 2.24) is 14.8 Å². The predicted molar refractivity (Wildman–Crippen MR) is 153 cm³/mol. The Morgan fingerprint density at radius 1 is 1.08 bits per heavy atom. The van der Waals surface area contributed by atoms with Crippen molar-refractivity contribution in [2.75, 3.05) is 6.61 Å². The molecule has 8 heteroatoms. The van der Waals surface area contributed by atoms with E-state index >= 15 is 0 Å². The summed E-state index contributed by atoms with van der Waals surface area (Å²) in [6.45, 7) is 5.14. The van der Waals surface area contributed by atoms with Gasteiger partial charge in [-0.3, -0.25) is 9.48 Å². The number of esters is 1. The van der Waals surface area contributed by atoms with Gasteiger partial charge in [0.25, 0.3) is 0 Å². The summed E-state index contributed by atoms with van der Waals surface area (Å²) in [5, 5.41) is 15.8. The minimum Gasteiger partial charge on any atom is -0.462 e. The maximum absolute atomic E-state index is 12.8. The molecule has 0 amide bonds. The highest BCUT2D eigenvalue weighted by Gasteiger charge is 2.22. The van der Waals surface area contributed by atoms with E-state index in [-0.39, 0.29) is 13.0 Å². The molecule has 0 radical (unpaired) electrons. The lowest BCUT2D eigenvalue weighted by Gasteiger charge is -2.18. The van der Waals surface area contributed by atoms with Gasteiger partial charge in [0.1, 0.15) is 11.6 Å². The van der Waals surface area contributed by atoms with Gasteiger partial charge in [0.2, 0.25) is 0 Å². The summed E-state index contributed by atoms with van der Waals surface area (Å²) in [7, 11) is 1.93. The SMILES string of the molecule is Cc1cc2nc(-c3cccc(-c4ccnn4C)c3)sc2c(-c2ccc(Cl)cc2)c1CC(=O)OCC(C)(C)O. The number of hydrogen-bond donors (Lipinski definition) is 1. The molecule has 0 atom stereocenters. The summed E-state index contributed by atoms with van der Waals surface area (Å²) < 4.78 is 8.23. The maximum atomic E-state index is 12.8. The van der Waals surface area contributed by atoms with E-state index in [4.69, 9.17) is 21.3 Å². The third-order valence-corrected chi connectivity index (χ3v) is 7.67. The van der Waals surface area contributed by atoms with Crippen molar-refractivity contribution in [3.63, 3.8) is 0 Å². The van der Waals surface area contributed by atoms with E-state index in [0.29, 0.717) is 5.02 Å². The van der Waals surface area contributed by atoms with Crippen LogP contribution in [0.4, 0.5) is 0 Å². The first-order valence-corrected chi connectivity index (χ1v) is 13.4. The minimum absolute atomic E-state index is 0.0683. The number of nitrogens with zero attached hydrogens (tertiary/aromatic N) is 3. The van der Waals surface area contributed by atoms with Crippen molar-refractivity contribution in [3.05, 3.63) is 83.0 Å². The van der Waals surface area contributed by atoms with E-state index in [0.717, 1.165) is 54.3 Å². The Hall–Kier alpha value is -3.52. The predicted octanol–water partition coefficient (Wildman–Crippen LogP) is 6.85. The van der Waals surface area contributed by atoms with Crippen LogP contribution in [0, 0.1) is 6.92 Å². The number of rotatable bonds is 7. The fourth-order valence-electron chi connectivity index (χ4n) is 4.43. The molecule has 0 aliphatic heterocycles. The molecule has 3 aromatic carbocycles. The summed E-state index contributed by atoms with van der Waals surface area (Å²) in [6.07, 6.45) is 1.87. The molecule has 0 aliphatic carbocycles. The average Bonchev–Trinajstić information content (AvgIpc) is 3.49. The maximum Gasteiger partial charge on any atom is 0.310 e. The lowest BCUT2D eigenvalue weighted by atomic mass is 9.93. The molecule has 5 aromatic rings. The number of carbonyl (C=O) groups excluding carboxylic acids is 1. The van der Waals surface area contributed by atoms with Gasteiger partial charge in [-0.05, 0) is 67.8 Å². The van der Waals surface area contributed by atoms with Crippen molar-refractivity contribution >= 4 is 39.1 Å². The molecule has 194 valence electrons. The smallest absolute Gasteiger partial charge is 0.310 e. The van der Waals surface area contributed by atoms with Gasteiger partial charge in [-0.1, -0.05) is 41.9 Å². The molecule has 6 nitrogen and oxygen atoms in total. The van der Waals surface area contributed by atoms with Gasteiger partial charge in [0.05, 0.1) is 27.9 Å². The molecule has 0 bridgehead atoms. The molecule has 0 saturated heterocycles.